The molecule has 14 heteroatoms. The smallest absolute Gasteiger partial charge is 0.351 e. The quantitative estimate of drug-likeness (QED) is 0.298. The number of rotatable bonds is 7. The summed E-state index contributed by atoms with van der Waals surface area (Å²) in [5.74, 6) is -3.82. The number of piperidine rings is 1. The number of hydrogen-bond acceptors (Lipinski definition) is 5. The van der Waals surface area contributed by atoms with E-state index in [-0.39, 0.29) is 52.1 Å². The van der Waals surface area contributed by atoms with E-state index in [0.717, 1.165) is 41.0 Å². The van der Waals surface area contributed by atoms with Crippen LogP contribution in [0.2, 0.25) is 0 Å². The molecule has 1 aromatic heterocycles. The van der Waals surface area contributed by atoms with Crippen LogP contribution in [0.5, 0.6) is 0 Å². The third-order valence-corrected chi connectivity index (χ3v) is 9.29. The maximum Gasteiger partial charge on any atom is 0.451 e. The van der Waals surface area contributed by atoms with Gasteiger partial charge in [-0.3, -0.25) is 9.78 Å². The summed E-state index contributed by atoms with van der Waals surface area (Å²) < 4.78 is 94.2. The summed E-state index contributed by atoms with van der Waals surface area (Å²) in [6, 6.07) is 4.48. The van der Waals surface area contributed by atoms with Gasteiger partial charge in [-0.25, -0.2) is 27.2 Å². The van der Waals surface area contributed by atoms with E-state index in [1.807, 2.05) is 13.8 Å². The summed E-state index contributed by atoms with van der Waals surface area (Å²) in [7, 11) is -4.13. The second-order valence-electron chi connectivity index (χ2n) is 10.2. The number of alkyl halides is 3. The molecule has 0 spiro atoms. The van der Waals surface area contributed by atoms with Crippen molar-refractivity contribution in [1.29, 1.82) is 0 Å². The molecule has 214 valence electrons. The number of aliphatic imine (C=N–C) groups is 2. The molecule has 1 aromatic carbocycles. The topological polar surface area (TPSA) is 104 Å². The number of aromatic nitrogens is 1. The number of carbonyl (C=O) groups excluding carboxylic acids is 1. The maximum atomic E-state index is 14.5. The van der Waals surface area contributed by atoms with E-state index in [0.29, 0.717) is 0 Å². The number of nitrogens with zero attached hydrogens (tertiary/aromatic N) is 4. The SMILES string of the molecule is C=NC(=N/C=C(\C)c1cc(CNC(=O)[C@@H]2C3[C@H](CN2S(=O)(=O)c2ccc(F)cc2)C3(C)C)c(F)cn1)C(F)(F)F. The molecule has 1 unspecified atom stereocenters. The molecule has 4 rings (SSSR count). The Morgan fingerprint density at radius 2 is 1.90 bits per heavy atom. The van der Waals surface area contributed by atoms with Crippen LogP contribution in [0.3, 0.4) is 0 Å². The Labute approximate surface area is 227 Å². The maximum absolute atomic E-state index is 14.5. The molecule has 1 saturated carbocycles. The van der Waals surface area contributed by atoms with Gasteiger partial charge in [0.1, 0.15) is 17.7 Å². The van der Waals surface area contributed by atoms with Crippen molar-refractivity contribution in [3.63, 3.8) is 0 Å². The minimum Gasteiger partial charge on any atom is -0.351 e. The fourth-order valence-electron chi connectivity index (χ4n) is 5.08. The van der Waals surface area contributed by atoms with Crippen LogP contribution in [0.25, 0.3) is 5.57 Å². The zero-order valence-corrected chi connectivity index (χ0v) is 22.5. The zero-order chi connectivity index (χ0) is 29.6. The third kappa shape index (κ3) is 5.55. The van der Waals surface area contributed by atoms with Gasteiger partial charge in [-0.1, -0.05) is 13.8 Å². The standard InChI is InChI=1S/C26H26F5N5O3S/c1-14(10-35-24(32-4)26(29,30)31)20-9-15(19(28)12-33-20)11-34-23(37)22-21-18(25(21,2)3)13-36(22)40(38,39)17-7-5-16(27)6-8-17/h5-10,12,18,21-22H,4,11,13H2,1-3H3,(H,34,37)/b14-10+,35-24?/t18-,21?,22-/m0/s1. The molecule has 0 bridgehead atoms. The third-order valence-electron chi connectivity index (χ3n) is 7.43. The van der Waals surface area contributed by atoms with Crippen molar-refractivity contribution in [2.45, 2.75) is 44.4 Å². The predicted octanol–water partition coefficient (Wildman–Crippen LogP) is 4.34. The van der Waals surface area contributed by atoms with E-state index in [1.54, 1.807) is 0 Å². The number of nitrogens with one attached hydrogen (secondary N) is 1. The number of fused-ring (bicyclic) bond motifs is 1. The lowest BCUT2D eigenvalue weighted by molar-refractivity contribution is -0.125. The molecule has 40 heavy (non-hydrogen) atoms. The van der Waals surface area contributed by atoms with E-state index >= 15 is 0 Å². The van der Waals surface area contributed by atoms with Crippen LogP contribution in [-0.2, 0) is 21.4 Å². The first kappa shape index (κ1) is 29.5. The molecule has 8 nitrogen and oxygen atoms in total. The molecule has 2 fully saturated rings. The van der Waals surface area contributed by atoms with E-state index < -0.39 is 45.6 Å². The molecule has 1 amide bonds. The molecule has 2 aliphatic rings. The van der Waals surface area contributed by atoms with Crippen molar-refractivity contribution in [3.05, 3.63) is 65.6 Å². The van der Waals surface area contributed by atoms with Crippen LogP contribution in [0.4, 0.5) is 22.0 Å². The zero-order valence-electron chi connectivity index (χ0n) is 21.7. The minimum atomic E-state index is -4.81. The highest BCUT2D eigenvalue weighted by molar-refractivity contribution is 7.89. The van der Waals surface area contributed by atoms with Gasteiger partial charge in [0.05, 0.1) is 16.8 Å². The van der Waals surface area contributed by atoms with Gasteiger partial charge in [0.2, 0.25) is 21.8 Å². The Morgan fingerprint density at radius 3 is 2.50 bits per heavy atom. The molecule has 1 aliphatic heterocycles. The fourth-order valence-corrected chi connectivity index (χ4v) is 6.71. The molecular weight excluding hydrogens is 557 g/mol. The molecular formula is C26H26F5N5O3S. The first-order valence-corrected chi connectivity index (χ1v) is 13.5. The van der Waals surface area contributed by atoms with Crippen LogP contribution in [-0.4, -0.2) is 54.9 Å². The number of carbonyl (C=O) groups is 1. The summed E-state index contributed by atoms with van der Waals surface area (Å²) in [6.07, 6.45) is -3.08. The highest BCUT2D eigenvalue weighted by Gasteiger charge is 2.70. The number of allylic oxidation sites excluding steroid dienone is 1. The van der Waals surface area contributed by atoms with Gasteiger partial charge < -0.3 is 5.32 Å². The number of hydrogen-bond donors (Lipinski definition) is 1. The lowest BCUT2D eigenvalue weighted by Crippen LogP contribution is -2.49. The van der Waals surface area contributed by atoms with Crippen molar-refractivity contribution in [1.82, 2.24) is 14.6 Å². The van der Waals surface area contributed by atoms with Gasteiger partial charge in [0, 0.05) is 24.9 Å². The Bertz CT molecular complexity index is 1500. The van der Waals surface area contributed by atoms with Crippen LogP contribution >= 0.6 is 0 Å². The molecule has 0 radical (unpaired) electrons. The van der Waals surface area contributed by atoms with Crippen LogP contribution in [0.15, 0.2) is 57.6 Å². The molecule has 1 N–H and O–H groups in total. The van der Waals surface area contributed by atoms with Gasteiger partial charge in [0.25, 0.3) is 0 Å². The first-order valence-electron chi connectivity index (χ1n) is 12.1. The lowest BCUT2D eigenvalue weighted by Gasteiger charge is -2.29. The Balaban J connectivity index is 1.55. The predicted molar refractivity (Wildman–Crippen MR) is 138 cm³/mol. The van der Waals surface area contributed by atoms with Crippen LogP contribution in [0, 0.1) is 28.9 Å². The number of amides is 1. The average Bonchev–Trinajstić information content (AvgIpc) is 3.20. The molecule has 3 atom stereocenters. The number of sulfonamides is 1. The van der Waals surface area contributed by atoms with Crippen LogP contribution in [0.1, 0.15) is 32.0 Å². The van der Waals surface area contributed by atoms with E-state index in [1.165, 1.54) is 13.0 Å². The highest BCUT2D eigenvalue weighted by atomic mass is 32.2. The van der Waals surface area contributed by atoms with Crippen LogP contribution < -0.4 is 5.32 Å². The van der Waals surface area contributed by atoms with Gasteiger partial charge in [-0.15, -0.1) is 0 Å². The average molecular weight is 584 g/mol. The second-order valence-corrected chi connectivity index (χ2v) is 12.1. The van der Waals surface area contributed by atoms with Gasteiger partial charge in [-0.2, -0.15) is 17.5 Å². The molecule has 2 heterocycles. The van der Waals surface area contributed by atoms with Crippen molar-refractivity contribution in [3.8, 4) is 0 Å². The van der Waals surface area contributed by atoms with E-state index in [4.69, 9.17) is 0 Å². The largest absolute Gasteiger partial charge is 0.451 e. The minimum absolute atomic E-state index is 0.0227. The van der Waals surface area contributed by atoms with Gasteiger partial charge in [0.15, 0.2) is 0 Å². The summed E-state index contributed by atoms with van der Waals surface area (Å²) >= 11 is 0. The number of pyridine rings is 1. The summed E-state index contributed by atoms with van der Waals surface area (Å²) in [6.45, 7) is 7.89. The summed E-state index contributed by atoms with van der Waals surface area (Å²) in [4.78, 5) is 23.2. The Morgan fingerprint density at radius 1 is 1.25 bits per heavy atom. The Kier molecular flexibility index (Phi) is 7.71. The summed E-state index contributed by atoms with van der Waals surface area (Å²) in [5, 5.41) is 2.59. The normalized spacial score (nSPS) is 23.1. The van der Waals surface area contributed by atoms with Gasteiger partial charge in [-0.05, 0) is 66.8 Å². The van der Waals surface area contributed by atoms with Crippen molar-refractivity contribution >= 4 is 34.1 Å². The Hall–Kier alpha value is -3.52. The fraction of sp³-hybridized carbons (Fsp3) is 0.385. The van der Waals surface area contributed by atoms with Crippen molar-refractivity contribution < 1.29 is 35.2 Å². The van der Waals surface area contributed by atoms with Crippen molar-refractivity contribution in [2.75, 3.05) is 6.54 Å². The highest BCUT2D eigenvalue weighted by Crippen LogP contribution is 2.65. The van der Waals surface area contributed by atoms with E-state index in [9.17, 15) is 35.2 Å². The van der Waals surface area contributed by atoms with Crippen molar-refractivity contribution in [2.24, 2.45) is 27.2 Å². The molecule has 2 aromatic rings. The van der Waals surface area contributed by atoms with Gasteiger partial charge >= 0.3 is 6.18 Å². The number of halogens is 5. The molecule has 1 saturated heterocycles. The number of amidine groups is 1. The number of benzene rings is 1. The molecule has 1 aliphatic carbocycles. The monoisotopic (exact) mass is 583 g/mol. The second kappa shape index (κ2) is 10.5. The lowest BCUT2D eigenvalue weighted by atomic mass is 10.0. The summed E-state index contributed by atoms with van der Waals surface area (Å²) in [5.41, 5.74) is -0.0487. The first-order chi connectivity index (χ1) is 18.6. The van der Waals surface area contributed by atoms with E-state index in [2.05, 4.69) is 27.0 Å².